The van der Waals surface area contributed by atoms with Gasteiger partial charge in [0.2, 0.25) is 0 Å². The van der Waals surface area contributed by atoms with Crippen LogP contribution in [0.15, 0.2) is 66.9 Å². The third-order valence-corrected chi connectivity index (χ3v) is 7.39. The number of nitrogens with two attached hydrogens (primary N) is 1. The van der Waals surface area contributed by atoms with Crippen LogP contribution in [0.25, 0.3) is 17.5 Å². The third kappa shape index (κ3) is 3.71. The van der Waals surface area contributed by atoms with E-state index in [0.29, 0.717) is 5.56 Å². The molecular formula is C24H25N3OSi. The molecule has 0 aliphatic heterocycles. The first kappa shape index (κ1) is 19.4. The van der Waals surface area contributed by atoms with E-state index in [1.54, 1.807) is 6.20 Å². The molecule has 1 aliphatic carbocycles. The molecule has 2 unspecified atom stereocenters. The highest BCUT2D eigenvalue weighted by atomic mass is 28.3. The summed E-state index contributed by atoms with van der Waals surface area (Å²) in [6, 6.07) is 16.8. The summed E-state index contributed by atoms with van der Waals surface area (Å²) >= 11 is 0. The monoisotopic (exact) mass is 399 g/mol. The van der Waals surface area contributed by atoms with Gasteiger partial charge in [-0.1, -0.05) is 68.2 Å². The number of hydrogen-bond donors (Lipinski definition) is 1. The number of hydrogen-bond acceptors (Lipinski definition) is 4. The number of carbonyl (C=O) groups is 1. The Morgan fingerprint density at radius 3 is 2.38 bits per heavy atom. The van der Waals surface area contributed by atoms with Crippen molar-refractivity contribution in [3.05, 3.63) is 83.7 Å². The van der Waals surface area contributed by atoms with Gasteiger partial charge in [-0.25, -0.2) is 4.98 Å². The number of nitrogens with zero attached hydrogens (tertiary/aromatic N) is 2. The summed E-state index contributed by atoms with van der Waals surface area (Å²) in [5.74, 6) is -0.398. The maximum atomic E-state index is 13.1. The number of carbonyl (C=O) groups excluding carboxylic acids is 1. The molecule has 2 heterocycles. The molecule has 0 saturated carbocycles. The molecule has 0 radical (unpaired) electrons. The van der Waals surface area contributed by atoms with Crippen molar-refractivity contribution in [2.24, 2.45) is 11.7 Å². The highest BCUT2D eigenvalue weighted by Crippen LogP contribution is 2.33. The molecule has 0 bridgehead atoms. The number of benzene rings is 1. The van der Waals surface area contributed by atoms with Gasteiger partial charge in [0.15, 0.2) is 5.78 Å². The number of ketones is 1. The maximum Gasteiger partial charge on any atom is 0.171 e. The zero-order chi connectivity index (χ0) is 20.6. The Hall–Kier alpha value is -2.89. The molecule has 0 saturated heterocycles. The summed E-state index contributed by atoms with van der Waals surface area (Å²) < 4.78 is 0. The van der Waals surface area contributed by atoms with E-state index in [4.69, 9.17) is 10.7 Å². The van der Waals surface area contributed by atoms with Crippen molar-refractivity contribution in [2.45, 2.75) is 25.7 Å². The Morgan fingerprint density at radius 2 is 1.72 bits per heavy atom. The van der Waals surface area contributed by atoms with Crippen LogP contribution in [-0.2, 0) is 0 Å². The van der Waals surface area contributed by atoms with Crippen molar-refractivity contribution in [2.75, 3.05) is 0 Å². The molecule has 2 N–H and O–H groups in total. The minimum absolute atomic E-state index is 0.0274. The summed E-state index contributed by atoms with van der Waals surface area (Å²) in [4.78, 5) is 22.5. The first-order valence-corrected chi connectivity index (χ1v) is 13.4. The van der Waals surface area contributed by atoms with Crippen LogP contribution in [0.2, 0.25) is 19.6 Å². The molecule has 0 amide bonds. The minimum Gasteiger partial charge on any atom is -0.322 e. The van der Waals surface area contributed by atoms with Gasteiger partial charge in [0.25, 0.3) is 0 Å². The van der Waals surface area contributed by atoms with Gasteiger partial charge in [-0.15, -0.1) is 0 Å². The highest BCUT2D eigenvalue weighted by molar-refractivity contribution is 6.89. The number of fused-ring (bicyclic) bond motifs is 1. The molecular weight excluding hydrogens is 374 g/mol. The van der Waals surface area contributed by atoms with Gasteiger partial charge in [-0.2, -0.15) is 0 Å². The average molecular weight is 400 g/mol. The van der Waals surface area contributed by atoms with Gasteiger partial charge in [-0.3, -0.25) is 9.78 Å². The molecule has 1 aromatic carbocycles. The predicted octanol–water partition coefficient (Wildman–Crippen LogP) is 4.21. The van der Waals surface area contributed by atoms with Crippen LogP contribution in [0.4, 0.5) is 0 Å². The van der Waals surface area contributed by atoms with Crippen LogP contribution in [0.1, 0.15) is 27.7 Å². The fraction of sp³-hybridized carbons (Fsp3) is 0.208. The predicted molar refractivity (Wildman–Crippen MR) is 121 cm³/mol. The van der Waals surface area contributed by atoms with E-state index in [-0.39, 0.29) is 5.78 Å². The molecule has 4 rings (SSSR count). The molecule has 4 nitrogen and oxygen atoms in total. The van der Waals surface area contributed by atoms with Gasteiger partial charge in [0.1, 0.15) is 0 Å². The zero-order valence-electron chi connectivity index (χ0n) is 17.0. The van der Waals surface area contributed by atoms with Crippen molar-refractivity contribution in [3.63, 3.8) is 0 Å². The lowest BCUT2D eigenvalue weighted by atomic mass is 9.83. The van der Waals surface area contributed by atoms with E-state index in [9.17, 15) is 4.79 Å². The lowest BCUT2D eigenvalue weighted by Crippen LogP contribution is -2.42. The van der Waals surface area contributed by atoms with Crippen molar-refractivity contribution in [1.82, 2.24) is 9.97 Å². The van der Waals surface area contributed by atoms with Gasteiger partial charge in [0, 0.05) is 11.8 Å². The molecule has 0 fully saturated rings. The largest absolute Gasteiger partial charge is 0.322 e. The van der Waals surface area contributed by atoms with Gasteiger partial charge < -0.3 is 5.73 Å². The molecule has 2 atom stereocenters. The fourth-order valence-electron chi connectivity index (χ4n) is 3.81. The molecule has 146 valence electrons. The van der Waals surface area contributed by atoms with E-state index in [0.717, 1.165) is 22.6 Å². The number of aromatic nitrogens is 2. The summed E-state index contributed by atoms with van der Waals surface area (Å²) in [5.41, 5.74) is 10.8. The molecule has 29 heavy (non-hydrogen) atoms. The Kier molecular flexibility index (Phi) is 5.02. The molecule has 1 aliphatic rings. The molecule has 2 aromatic heterocycles. The van der Waals surface area contributed by atoms with Crippen molar-refractivity contribution >= 4 is 25.1 Å². The fourth-order valence-corrected chi connectivity index (χ4v) is 5.39. The Labute approximate surface area is 172 Å². The maximum absolute atomic E-state index is 13.1. The van der Waals surface area contributed by atoms with Crippen molar-refractivity contribution in [1.29, 1.82) is 0 Å². The number of rotatable bonds is 4. The number of pyridine rings is 2. The van der Waals surface area contributed by atoms with Crippen LogP contribution in [-0.4, -0.2) is 23.8 Å². The smallest absolute Gasteiger partial charge is 0.171 e. The summed E-state index contributed by atoms with van der Waals surface area (Å²) in [5, 5.41) is 1.29. The second-order valence-corrected chi connectivity index (χ2v) is 13.5. The molecule has 5 heteroatoms. The second kappa shape index (κ2) is 7.50. The summed E-state index contributed by atoms with van der Waals surface area (Å²) in [7, 11) is -1.68. The second-order valence-electron chi connectivity index (χ2n) is 8.46. The van der Waals surface area contributed by atoms with Crippen LogP contribution in [0.3, 0.4) is 0 Å². The van der Waals surface area contributed by atoms with Crippen molar-refractivity contribution in [3.8, 4) is 11.4 Å². The van der Waals surface area contributed by atoms with Crippen LogP contribution in [0.5, 0.6) is 0 Å². The topological polar surface area (TPSA) is 68.9 Å². The molecule has 0 spiro atoms. The van der Waals surface area contributed by atoms with Gasteiger partial charge in [-0.05, 0) is 28.9 Å². The normalized spacial score (nSPS) is 18.3. The quantitative estimate of drug-likeness (QED) is 0.527. The lowest BCUT2D eigenvalue weighted by molar-refractivity contribution is 0.0929. The summed E-state index contributed by atoms with van der Waals surface area (Å²) in [6.07, 6.45) is 5.77. The third-order valence-electron chi connectivity index (χ3n) is 5.36. The van der Waals surface area contributed by atoms with E-state index in [1.165, 1.54) is 5.19 Å². The van der Waals surface area contributed by atoms with E-state index < -0.39 is 20.0 Å². The van der Waals surface area contributed by atoms with Gasteiger partial charge in [0.05, 0.1) is 37.1 Å². The van der Waals surface area contributed by atoms with Gasteiger partial charge >= 0.3 is 0 Å². The first-order valence-electron chi connectivity index (χ1n) is 9.86. The van der Waals surface area contributed by atoms with Crippen LogP contribution in [0, 0.1) is 5.92 Å². The SMILES string of the molecule is C[Si](C)(C)c1cc(-c2ccccn2)nc2c1C=CC(C(=O)c1ccccc1)C2N. The first-order chi connectivity index (χ1) is 13.9. The van der Waals surface area contributed by atoms with E-state index >= 15 is 0 Å². The number of Topliss-reactive ketones (excluding diaryl/α,β-unsaturated/α-hetero) is 1. The lowest BCUT2D eigenvalue weighted by Gasteiger charge is -2.30. The van der Waals surface area contributed by atoms with E-state index in [2.05, 4.69) is 30.7 Å². The minimum atomic E-state index is -1.68. The van der Waals surface area contributed by atoms with Crippen LogP contribution < -0.4 is 10.9 Å². The Morgan fingerprint density at radius 1 is 1.00 bits per heavy atom. The standard InChI is InChI=1S/C24H25N3OSi/c1-29(2,3)21-15-20(19-11-7-8-14-26-19)27-23-17(21)12-13-18(22(23)25)24(28)16-9-5-4-6-10-16/h4-15,18,22H,25H2,1-3H3. The van der Waals surface area contributed by atoms with Crippen LogP contribution >= 0.6 is 0 Å². The van der Waals surface area contributed by atoms with E-state index in [1.807, 2.05) is 60.7 Å². The Bertz CT molecular complexity index is 1070. The molecule has 3 aromatic rings. The zero-order valence-corrected chi connectivity index (χ0v) is 18.0. The Balaban J connectivity index is 1.84. The highest BCUT2D eigenvalue weighted by Gasteiger charge is 2.34. The average Bonchev–Trinajstić information content (AvgIpc) is 2.73. The van der Waals surface area contributed by atoms with Crippen molar-refractivity contribution < 1.29 is 4.79 Å². The summed E-state index contributed by atoms with van der Waals surface area (Å²) in [6.45, 7) is 6.93.